The van der Waals surface area contributed by atoms with Crippen molar-refractivity contribution in [3.63, 3.8) is 0 Å². The number of benzene rings is 1. The second-order valence-corrected chi connectivity index (χ2v) is 4.03. The number of hydrogen-bond donors (Lipinski definition) is 3. The van der Waals surface area contributed by atoms with Crippen LogP contribution in [0.2, 0.25) is 0 Å². The van der Waals surface area contributed by atoms with Gasteiger partial charge in [0, 0.05) is 24.3 Å². The molecule has 0 aliphatic heterocycles. The van der Waals surface area contributed by atoms with Gasteiger partial charge in [0.15, 0.2) is 0 Å². The predicted octanol–water partition coefficient (Wildman–Crippen LogP) is 1.56. The molecule has 0 saturated heterocycles. The molecule has 20 heavy (non-hydrogen) atoms. The van der Waals surface area contributed by atoms with Crippen LogP contribution in [0.1, 0.15) is 10.4 Å². The zero-order valence-electron chi connectivity index (χ0n) is 10.4. The number of alkyl halides is 1. The van der Waals surface area contributed by atoms with Gasteiger partial charge in [-0.15, -0.1) is 11.6 Å². The third kappa shape index (κ3) is 4.63. The Hall–Kier alpha value is -2.52. The molecule has 1 rings (SSSR count). The second-order valence-electron chi connectivity index (χ2n) is 3.65. The Bertz CT molecular complexity index is 578. The van der Waals surface area contributed by atoms with Crippen LogP contribution >= 0.6 is 11.6 Å². The number of nitriles is 1. The molecule has 0 fully saturated rings. The molecule has 0 aliphatic rings. The number of hydrogen-bond acceptors (Lipinski definition) is 4. The number of carbonyl (C=O) groups excluding carboxylic acids is 1. The van der Waals surface area contributed by atoms with E-state index < -0.39 is 11.9 Å². The molecule has 0 aliphatic carbocycles. The molecule has 1 aromatic rings. The number of amides is 1. The van der Waals surface area contributed by atoms with E-state index in [-0.39, 0.29) is 11.1 Å². The van der Waals surface area contributed by atoms with E-state index in [1.54, 1.807) is 6.07 Å². The number of anilines is 1. The molecular weight excluding hydrogens is 282 g/mol. The van der Waals surface area contributed by atoms with Gasteiger partial charge in [-0.25, -0.2) is 4.79 Å². The minimum atomic E-state index is -1.10. The predicted molar refractivity (Wildman–Crippen MR) is 74.4 cm³/mol. The van der Waals surface area contributed by atoms with Gasteiger partial charge in [0.25, 0.3) is 5.91 Å². The average Bonchev–Trinajstić information content (AvgIpc) is 2.43. The highest BCUT2D eigenvalue weighted by Gasteiger charge is 2.10. The summed E-state index contributed by atoms with van der Waals surface area (Å²) in [6.45, 7) is 0.425. The van der Waals surface area contributed by atoms with Crippen LogP contribution in [0.5, 0.6) is 0 Å². The molecule has 6 nitrogen and oxygen atoms in total. The van der Waals surface area contributed by atoms with Crippen molar-refractivity contribution in [3.8, 4) is 6.07 Å². The second kappa shape index (κ2) is 7.81. The van der Waals surface area contributed by atoms with Crippen LogP contribution in [-0.4, -0.2) is 29.4 Å². The van der Waals surface area contributed by atoms with Gasteiger partial charge in [0.2, 0.25) is 0 Å². The zero-order valence-corrected chi connectivity index (χ0v) is 11.1. The highest BCUT2D eigenvalue weighted by molar-refractivity contribution is 6.18. The molecule has 0 aromatic heterocycles. The topological polar surface area (TPSA) is 102 Å². The summed E-state index contributed by atoms with van der Waals surface area (Å²) in [5, 5.41) is 22.9. The standard InChI is InChI=1S/C13H12ClN3O3/c14-4-5-16-8-10(7-15)12(18)17-11-3-1-2-9(6-11)13(19)20/h1-3,6,8,16H,4-5H2,(H,17,18)(H,19,20)/b10-8-. The van der Waals surface area contributed by atoms with Crippen molar-refractivity contribution < 1.29 is 14.7 Å². The van der Waals surface area contributed by atoms with E-state index >= 15 is 0 Å². The Balaban J connectivity index is 2.79. The fourth-order valence-corrected chi connectivity index (χ4v) is 1.41. The molecule has 0 unspecified atom stereocenters. The van der Waals surface area contributed by atoms with Gasteiger partial charge in [-0.2, -0.15) is 5.26 Å². The van der Waals surface area contributed by atoms with E-state index in [0.717, 1.165) is 0 Å². The maximum atomic E-state index is 11.8. The molecule has 0 radical (unpaired) electrons. The maximum absolute atomic E-state index is 11.8. The number of nitrogens with one attached hydrogen (secondary N) is 2. The van der Waals surface area contributed by atoms with Gasteiger partial charge in [-0.1, -0.05) is 6.07 Å². The number of nitrogens with zero attached hydrogens (tertiary/aromatic N) is 1. The fourth-order valence-electron chi connectivity index (χ4n) is 1.31. The Morgan fingerprint density at radius 1 is 1.45 bits per heavy atom. The first-order valence-electron chi connectivity index (χ1n) is 5.62. The number of carboxylic acid groups (broad SMARTS) is 1. The number of carboxylic acids is 1. The highest BCUT2D eigenvalue weighted by Crippen LogP contribution is 2.11. The minimum Gasteiger partial charge on any atom is -0.478 e. The lowest BCUT2D eigenvalue weighted by Gasteiger charge is -2.05. The van der Waals surface area contributed by atoms with Crippen molar-refractivity contribution in [1.82, 2.24) is 5.32 Å². The van der Waals surface area contributed by atoms with Gasteiger partial charge in [0.1, 0.15) is 11.6 Å². The Morgan fingerprint density at radius 3 is 2.80 bits per heavy atom. The largest absolute Gasteiger partial charge is 0.478 e. The van der Waals surface area contributed by atoms with E-state index in [9.17, 15) is 9.59 Å². The molecular formula is C13H12ClN3O3. The molecule has 3 N–H and O–H groups in total. The van der Waals surface area contributed by atoms with Gasteiger partial charge in [-0.3, -0.25) is 4.79 Å². The van der Waals surface area contributed by atoms with Crippen LogP contribution in [-0.2, 0) is 4.79 Å². The van der Waals surface area contributed by atoms with Crippen LogP contribution < -0.4 is 10.6 Å². The van der Waals surface area contributed by atoms with Crippen LogP contribution in [0.4, 0.5) is 5.69 Å². The molecule has 0 heterocycles. The summed E-state index contributed by atoms with van der Waals surface area (Å²) < 4.78 is 0. The summed E-state index contributed by atoms with van der Waals surface area (Å²) >= 11 is 5.45. The monoisotopic (exact) mass is 293 g/mol. The third-order valence-electron chi connectivity index (χ3n) is 2.22. The van der Waals surface area contributed by atoms with Crippen LogP contribution in [0.15, 0.2) is 36.0 Å². The molecule has 7 heteroatoms. The van der Waals surface area contributed by atoms with E-state index in [2.05, 4.69) is 10.6 Å². The van der Waals surface area contributed by atoms with Crippen molar-refractivity contribution in [1.29, 1.82) is 5.26 Å². The fraction of sp³-hybridized carbons (Fsp3) is 0.154. The normalized spacial score (nSPS) is 10.5. The number of rotatable bonds is 6. The van der Waals surface area contributed by atoms with Crippen LogP contribution in [0, 0.1) is 11.3 Å². The maximum Gasteiger partial charge on any atom is 0.335 e. The molecule has 0 atom stereocenters. The molecule has 104 valence electrons. The molecule has 0 bridgehead atoms. The first-order chi connectivity index (χ1) is 9.58. The van der Waals surface area contributed by atoms with Gasteiger partial charge >= 0.3 is 5.97 Å². The SMILES string of the molecule is N#C/C(=C/NCCCl)C(=O)Nc1cccc(C(=O)O)c1. The Labute approximate surface area is 120 Å². The summed E-state index contributed by atoms with van der Waals surface area (Å²) in [7, 11) is 0. The lowest BCUT2D eigenvalue weighted by Crippen LogP contribution is -2.17. The van der Waals surface area contributed by atoms with Crippen molar-refractivity contribution in [2.75, 3.05) is 17.7 Å². The molecule has 1 amide bonds. The summed E-state index contributed by atoms with van der Waals surface area (Å²) in [6, 6.07) is 7.49. The van der Waals surface area contributed by atoms with Crippen LogP contribution in [0.25, 0.3) is 0 Å². The van der Waals surface area contributed by atoms with Gasteiger partial charge in [-0.05, 0) is 18.2 Å². The van der Waals surface area contributed by atoms with E-state index in [0.29, 0.717) is 18.1 Å². The minimum absolute atomic E-state index is 0.0468. The first kappa shape index (κ1) is 15.5. The van der Waals surface area contributed by atoms with Gasteiger partial charge < -0.3 is 15.7 Å². The third-order valence-corrected chi connectivity index (χ3v) is 2.41. The average molecular weight is 294 g/mol. The molecule has 1 aromatic carbocycles. The van der Waals surface area contributed by atoms with E-state index in [4.69, 9.17) is 22.0 Å². The Morgan fingerprint density at radius 2 is 2.20 bits per heavy atom. The van der Waals surface area contributed by atoms with E-state index in [1.165, 1.54) is 30.5 Å². The summed E-state index contributed by atoms with van der Waals surface area (Å²) in [6.07, 6.45) is 1.26. The van der Waals surface area contributed by atoms with Crippen molar-refractivity contribution in [3.05, 3.63) is 41.6 Å². The smallest absolute Gasteiger partial charge is 0.335 e. The van der Waals surface area contributed by atoms with Crippen molar-refractivity contribution in [2.24, 2.45) is 0 Å². The molecule has 0 spiro atoms. The van der Waals surface area contributed by atoms with Crippen LogP contribution in [0.3, 0.4) is 0 Å². The first-order valence-corrected chi connectivity index (χ1v) is 6.16. The number of halogens is 1. The lowest BCUT2D eigenvalue weighted by molar-refractivity contribution is -0.112. The summed E-state index contributed by atoms with van der Waals surface area (Å²) in [5.41, 5.74) is 0.217. The number of carbonyl (C=O) groups is 2. The highest BCUT2D eigenvalue weighted by atomic mass is 35.5. The van der Waals surface area contributed by atoms with E-state index in [1.807, 2.05) is 0 Å². The van der Waals surface area contributed by atoms with Gasteiger partial charge in [0.05, 0.1) is 5.56 Å². The lowest BCUT2D eigenvalue weighted by atomic mass is 10.2. The Kier molecular flexibility index (Phi) is 6.07. The molecule has 0 saturated carbocycles. The summed E-state index contributed by atoms with van der Waals surface area (Å²) in [4.78, 5) is 22.6. The quantitative estimate of drug-likeness (QED) is 0.320. The zero-order chi connectivity index (χ0) is 15.0. The van der Waals surface area contributed by atoms with Crippen molar-refractivity contribution >= 4 is 29.2 Å². The summed E-state index contributed by atoms with van der Waals surface area (Å²) in [5.74, 6) is -1.38. The number of aromatic carboxylic acids is 1. The van der Waals surface area contributed by atoms with Crippen molar-refractivity contribution in [2.45, 2.75) is 0 Å².